The lowest BCUT2D eigenvalue weighted by Gasteiger charge is -2.18. The number of nitrogens with one attached hydrogen (secondary N) is 1. The Kier molecular flexibility index (Phi) is 4.11. The Labute approximate surface area is 120 Å². The predicted octanol–water partition coefficient (Wildman–Crippen LogP) is 2.16. The van der Waals surface area contributed by atoms with E-state index < -0.39 is 0 Å². The highest BCUT2D eigenvalue weighted by Crippen LogP contribution is 2.19. The van der Waals surface area contributed by atoms with Crippen LogP contribution in [0.3, 0.4) is 0 Å². The van der Waals surface area contributed by atoms with Gasteiger partial charge in [0.1, 0.15) is 11.5 Å². The number of nitrogen functional groups attached to an aromatic ring is 1. The summed E-state index contributed by atoms with van der Waals surface area (Å²) in [5.41, 5.74) is 7.00. The number of aromatic nitrogens is 2. The van der Waals surface area contributed by atoms with Crippen LogP contribution in [0.25, 0.3) is 0 Å². The Morgan fingerprint density at radius 3 is 2.79 bits per heavy atom. The number of hydrogen-bond acceptors (Lipinski definition) is 4. The molecule has 1 aromatic heterocycles. The summed E-state index contributed by atoms with van der Waals surface area (Å²) < 4.78 is 1.05. The molecule has 2 rings (SSSR count). The van der Waals surface area contributed by atoms with Crippen molar-refractivity contribution in [2.75, 3.05) is 11.9 Å². The molecular formula is C13H14BrN5. The van der Waals surface area contributed by atoms with Crippen LogP contribution >= 0.6 is 15.9 Å². The number of benzene rings is 1. The van der Waals surface area contributed by atoms with Gasteiger partial charge in [0.2, 0.25) is 5.95 Å². The average molecular weight is 320 g/mol. The molecule has 5 nitrogen and oxygen atoms in total. The molecule has 1 aromatic carbocycles. The maximum Gasteiger partial charge on any atom is 0.226 e. The first-order chi connectivity index (χ1) is 9.08. The minimum absolute atomic E-state index is 0.0575. The minimum Gasteiger partial charge on any atom is -0.382 e. The van der Waals surface area contributed by atoms with Crippen molar-refractivity contribution >= 4 is 27.7 Å². The quantitative estimate of drug-likeness (QED) is 0.668. The second-order valence-electron chi connectivity index (χ2n) is 4.10. The van der Waals surface area contributed by atoms with E-state index in [0.717, 1.165) is 10.0 Å². The molecule has 1 heterocycles. The standard InChI is InChI=1S/C13H14BrN5/c1-19(8-9-4-2-3-5-10(9)14)13-17-7-6-11(18-13)12(15)16/h2-7H,8H2,1H3,(H3,15,16). The molecule has 0 saturated carbocycles. The largest absolute Gasteiger partial charge is 0.382 e. The molecule has 0 aliphatic rings. The first kappa shape index (κ1) is 13.5. The minimum atomic E-state index is -0.0575. The Hall–Kier alpha value is -1.95. The zero-order valence-corrected chi connectivity index (χ0v) is 12.1. The van der Waals surface area contributed by atoms with Gasteiger partial charge >= 0.3 is 0 Å². The molecule has 0 aliphatic carbocycles. The fraction of sp³-hybridized carbons (Fsp3) is 0.154. The summed E-state index contributed by atoms with van der Waals surface area (Å²) in [5.74, 6) is 0.487. The smallest absolute Gasteiger partial charge is 0.226 e. The molecule has 0 bridgehead atoms. The lowest BCUT2D eigenvalue weighted by molar-refractivity contribution is 0.861. The zero-order valence-electron chi connectivity index (χ0n) is 10.5. The van der Waals surface area contributed by atoms with E-state index in [1.165, 1.54) is 0 Å². The molecule has 0 aliphatic heterocycles. The van der Waals surface area contributed by atoms with Crippen molar-refractivity contribution in [3.63, 3.8) is 0 Å². The molecule has 6 heteroatoms. The van der Waals surface area contributed by atoms with Gasteiger partial charge in [-0.25, -0.2) is 9.97 Å². The summed E-state index contributed by atoms with van der Waals surface area (Å²) in [6, 6.07) is 9.62. The van der Waals surface area contributed by atoms with E-state index in [1.807, 2.05) is 36.2 Å². The zero-order chi connectivity index (χ0) is 13.8. The molecule has 0 saturated heterocycles. The lowest BCUT2D eigenvalue weighted by Crippen LogP contribution is -2.21. The van der Waals surface area contributed by atoms with Crippen LogP contribution in [0.1, 0.15) is 11.3 Å². The first-order valence-electron chi connectivity index (χ1n) is 5.70. The van der Waals surface area contributed by atoms with Crippen LogP contribution in [0.15, 0.2) is 41.0 Å². The lowest BCUT2D eigenvalue weighted by atomic mass is 10.2. The van der Waals surface area contributed by atoms with Crippen molar-refractivity contribution in [2.24, 2.45) is 5.73 Å². The van der Waals surface area contributed by atoms with Gasteiger partial charge in [-0.1, -0.05) is 34.1 Å². The summed E-state index contributed by atoms with van der Waals surface area (Å²) in [4.78, 5) is 10.4. The van der Waals surface area contributed by atoms with Gasteiger partial charge in [-0.15, -0.1) is 0 Å². The van der Waals surface area contributed by atoms with E-state index in [-0.39, 0.29) is 5.84 Å². The predicted molar refractivity (Wildman–Crippen MR) is 79.3 cm³/mol. The third-order valence-corrected chi connectivity index (χ3v) is 3.40. The van der Waals surface area contributed by atoms with E-state index in [0.29, 0.717) is 18.2 Å². The van der Waals surface area contributed by atoms with Crippen LogP contribution in [-0.2, 0) is 6.54 Å². The van der Waals surface area contributed by atoms with Crippen LogP contribution in [0, 0.1) is 5.41 Å². The van der Waals surface area contributed by atoms with Crippen LogP contribution in [0.4, 0.5) is 5.95 Å². The van der Waals surface area contributed by atoms with Gasteiger partial charge in [0.15, 0.2) is 0 Å². The average Bonchev–Trinajstić information content (AvgIpc) is 2.41. The molecule has 0 fully saturated rings. The summed E-state index contributed by atoms with van der Waals surface area (Å²) in [5, 5.41) is 7.39. The second kappa shape index (κ2) is 5.79. The SMILES string of the molecule is CN(Cc1ccccc1Br)c1nccc(C(=N)N)n1. The van der Waals surface area contributed by atoms with Gasteiger partial charge < -0.3 is 10.6 Å². The van der Waals surface area contributed by atoms with E-state index in [1.54, 1.807) is 12.3 Å². The summed E-state index contributed by atoms with van der Waals surface area (Å²) in [6.45, 7) is 0.669. The highest BCUT2D eigenvalue weighted by molar-refractivity contribution is 9.10. The van der Waals surface area contributed by atoms with Crippen LogP contribution in [0.5, 0.6) is 0 Å². The molecule has 0 amide bonds. The van der Waals surface area contributed by atoms with Gasteiger partial charge in [0, 0.05) is 24.3 Å². The van der Waals surface area contributed by atoms with Gasteiger partial charge in [-0.2, -0.15) is 0 Å². The van der Waals surface area contributed by atoms with Crippen molar-refractivity contribution in [1.82, 2.24) is 9.97 Å². The van der Waals surface area contributed by atoms with Crippen molar-refractivity contribution < 1.29 is 0 Å². The number of anilines is 1. The Bertz CT molecular complexity index is 599. The first-order valence-corrected chi connectivity index (χ1v) is 6.49. The van der Waals surface area contributed by atoms with E-state index in [4.69, 9.17) is 11.1 Å². The van der Waals surface area contributed by atoms with Gasteiger partial charge in [-0.05, 0) is 17.7 Å². The topological polar surface area (TPSA) is 78.9 Å². The molecule has 0 atom stereocenters. The monoisotopic (exact) mass is 319 g/mol. The normalized spacial score (nSPS) is 10.2. The van der Waals surface area contributed by atoms with E-state index in [2.05, 4.69) is 25.9 Å². The van der Waals surface area contributed by atoms with Gasteiger partial charge in [-0.3, -0.25) is 5.41 Å². The number of hydrogen-bond donors (Lipinski definition) is 2. The number of amidine groups is 1. The summed E-state index contributed by atoms with van der Waals surface area (Å²) in [7, 11) is 1.90. The maximum atomic E-state index is 7.39. The Morgan fingerprint density at radius 1 is 1.37 bits per heavy atom. The molecule has 0 spiro atoms. The Balaban J connectivity index is 2.20. The van der Waals surface area contributed by atoms with Crippen molar-refractivity contribution in [1.29, 1.82) is 5.41 Å². The highest BCUT2D eigenvalue weighted by Gasteiger charge is 2.09. The van der Waals surface area contributed by atoms with Crippen molar-refractivity contribution in [2.45, 2.75) is 6.54 Å². The van der Waals surface area contributed by atoms with Crippen LogP contribution in [-0.4, -0.2) is 22.9 Å². The fourth-order valence-electron chi connectivity index (χ4n) is 1.64. The molecular weight excluding hydrogens is 306 g/mol. The highest BCUT2D eigenvalue weighted by atomic mass is 79.9. The number of rotatable bonds is 4. The molecule has 3 N–H and O–H groups in total. The molecule has 19 heavy (non-hydrogen) atoms. The van der Waals surface area contributed by atoms with Gasteiger partial charge in [0.25, 0.3) is 0 Å². The Morgan fingerprint density at radius 2 is 2.11 bits per heavy atom. The third-order valence-electron chi connectivity index (χ3n) is 2.63. The second-order valence-corrected chi connectivity index (χ2v) is 4.96. The molecule has 0 radical (unpaired) electrons. The third kappa shape index (κ3) is 3.29. The summed E-state index contributed by atoms with van der Waals surface area (Å²) >= 11 is 3.51. The number of nitrogens with two attached hydrogens (primary N) is 1. The van der Waals surface area contributed by atoms with Crippen molar-refractivity contribution in [3.8, 4) is 0 Å². The van der Waals surface area contributed by atoms with Crippen LogP contribution in [0.2, 0.25) is 0 Å². The fourth-order valence-corrected chi connectivity index (χ4v) is 2.05. The van der Waals surface area contributed by atoms with Crippen LogP contribution < -0.4 is 10.6 Å². The molecule has 0 unspecified atom stereocenters. The number of halogens is 1. The van der Waals surface area contributed by atoms with E-state index in [9.17, 15) is 0 Å². The number of nitrogens with zero attached hydrogens (tertiary/aromatic N) is 3. The van der Waals surface area contributed by atoms with Crippen molar-refractivity contribution in [3.05, 3.63) is 52.3 Å². The van der Waals surface area contributed by atoms with Gasteiger partial charge in [0.05, 0.1) is 0 Å². The molecule has 98 valence electrons. The molecule has 2 aromatic rings. The summed E-state index contributed by atoms with van der Waals surface area (Å²) in [6.07, 6.45) is 1.61. The maximum absolute atomic E-state index is 7.39. The van der Waals surface area contributed by atoms with E-state index >= 15 is 0 Å².